The molecule has 8 nitrogen and oxygen atoms in total. The first-order chi connectivity index (χ1) is 12.1. The van der Waals surface area contributed by atoms with Gasteiger partial charge in [-0.25, -0.2) is 4.98 Å². The molecule has 0 aliphatic carbocycles. The van der Waals surface area contributed by atoms with Gasteiger partial charge in [0.25, 0.3) is 5.56 Å². The third kappa shape index (κ3) is 3.74. The number of carbonyl (C=O) groups excluding carboxylic acids is 1. The lowest BCUT2D eigenvalue weighted by molar-refractivity contribution is -0.142. The molecule has 0 aliphatic rings. The predicted molar refractivity (Wildman–Crippen MR) is 90.0 cm³/mol. The molecule has 0 N–H and O–H groups in total. The van der Waals surface area contributed by atoms with Crippen LogP contribution in [-0.4, -0.2) is 38.3 Å². The van der Waals surface area contributed by atoms with Crippen LogP contribution in [0, 0.1) is 6.92 Å². The summed E-state index contributed by atoms with van der Waals surface area (Å²) < 4.78 is 13.3. The molecule has 0 saturated heterocycles. The summed E-state index contributed by atoms with van der Waals surface area (Å²) in [6.45, 7) is 3.68. The van der Waals surface area contributed by atoms with Crippen molar-refractivity contribution in [1.29, 1.82) is 0 Å². The molecule has 0 aliphatic heterocycles. The second kappa shape index (κ2) is 7.27. The van der Waals surface area contributed by atoms with Crippen LogP contribution in [0.15, 0.2) is 41.2 Å². The molecule has 3 aromatic rings. The van der Waals surface area contributed by atoms with E-state index >= 15 is 0 Å². The summed E-state index contributed by atoms with van der Waals surface area (Å²) in [4.78, 5) is 27.6. The normalized spacial score (nSPS) is 11.0. The molecule has 3 rings (SSSR count). The van der Waals surface area contributed by atoms with Gasteiger partial charge in [-0.3, -0.25) is 14.2 Å². The Morgan fingerprint density at radius 2 is 1.96 bits per heavy atom. The minimum Gasteiger partial charge on any atom is -0.463 e. The van der Waals surface area contributed by atoms with Crippen molar-refractivity contribution in [3.8, 4) is 11.3 Å². The molecule has 130 valence electrons. The molecule has 0 atom stereocenters. The fourth-order valence-electron chi connectivity index (χ4n) is 2.38. The van der Waals surface area contributed by atoms with E-state index in [1.54, 1.807) is 11.5 Å². The zero-order chi connectivity index (χ0) is 17.8. The quantitative estimate of drug-likeness (QED) is 0.497. The predicted octanol–water partition coefficient (Wildman–Crippen LogP) is 1.40. The molecule has 0 saturated carbocycles. The van der Waals surface area contributed by atoms with Crippen molar-refractivity contribution in [2.75, 3.05) is 13.2 Å². The number of nitrogens with zero attached hydrogens (tertiary/aromatic N) is 4. The van der Waals surface area contributed by atoms with Gasteiger partial charge in [0, 0.05) is 18.6 Å². The van der Waals surface area contributed by atoms with Crippen molar-refractivity contribution in [2.45, 2.75) is 20.6 Å². The van der Waals surface area contributed by atoms with E-state index in [1.165, 1.54) is 17.5 Å². The summed E-state index contributed by atoms with van der Waals surface area (Å²) in [6, 6.07) is 10.9. The highest BCUT2D eigenvalue weighted by Crippen LogP contribution is 2.16. The highest BCUT2D eigenvalue weighted by molar-refractivity contribution is 5.65. The Labute approximate surface area is 143 Å². The topological polar surface area (TPSA) is 87.7 Å². The van der Waals surface area contributed by atoms with Gasteiger partial charge in [-0.15, -0.1) is 5.10 Å². The van der Waals surface area contributed by atoms with E-state index in [4.69, 9.17) is 9.47 Å². The van der Waals surface area contributed by atoms with Crippen LogP contribution in [0.4, 0.5) is 0 Å². The average Bonchev–Trinajstić information content (AvgIpc) is 2.91. The zero-order valence-corrected chi connectivity index (χ0v) is 14.0. The van der Waals surface area contributed by atoms with Crippen molar-refractivity contribution in [2.24, 2.45) is 0 Å². The van der Waals surface area contributed by atoms with E-state index in [0.717, 1.165) is 5.56 Å². The van der Waals surface area contributed by atoms with Gasteiger partial charge >= 0.3 is 5.97 Å². The number of aryl methyl sites for hydroxylation is 1. The Morgan fingerprint density at radius 3 is 2.68 bits per heavy atom. The Balaban J connectivity index is 1.88. The Kier molecular flexibility index (Phi) is 4.90. The fraction of sp³-hybridized carbons (Fsp3) is 0.294. The maximum Gasteiger partial charge on any atom is 0.302 e. The van der Waals surface area contributed by atoms with Crippen LogP contribution < -0.4 is 5.56 Å². The molecular formula is C17H18N4O4. The second-order valence-corrected chi connectivity index (χ2v) is 5.41. The van der Waals surface area contributed by atoms with Crippen LogP contribution in [0.5, 0.6) is 0 Å². The van der Waals surface area contributed by atoms with Crippen LogP contribution in [-0.2, 0) is 21.0 Å². The molecule has 0 amide bonds. The summed E-state index contributed by atoms with van der Waals surface area (Å²) in [5.74, 6) is 0.646. The minimum atomic E-state index is -0.353. The molecule has 0 unspecified atom stereocenters. The maximum atomic E-state index is 12.3. The maximum absolute atomic E-state index is 12.3. The van der Waals surface area contributed by atoms with Gasteiger partial charge in [0.05, 0.1) is 12.3 Å². The highest BCUT2D eigenvalue weighted by atomic mass is 16.6. The standard InChI is InChI=1S/C17H18N4O4/c1-12-19-21-16(23)10-15(14-6-4-3-5-7-14)18-17(21)20(12)11-24-8-9-25-13(2)22/h3-7,10H,8-9,11H2,1-2H3. The van der Waals surface area contributed by atoms with Crippen LogP contribution in [0.1, 0.15) is 12.7 Å². The molecule has 0 bridgehead atoms. The zero-order valence-electron chi connectivity index (χ0n) is 14.0. The van der Waals surface area contributed by atoms with Gasteiger partial charge in [0.2, 0.25) is 5.78 Å². The molecular weight excluding hydrogens is 324 g/mol. The lowest BCUT2D eigenvalue weighted by Gasteiger charge is -2.08. The first-order valence-electron chi connectivity index (χ1n) is 7.80. The molecule has 25 heavy (non-hydrogen) atoms. The summed E-state index contributed by atoms with van der Waals surface area (Å²) >= 11 is 0. The number of ether oxygens (including phenoxy) is 2. The molecule has 0 spiro atoms. The average molecular weight is 342 g/mol. The highest BCUT2D eigenvalue weighted by Gasteiger charge is 2.13. The molecule has 0 radical (unpaired) electrons. The summed E-state index contributed by atoms with van der Waals surface area (Å²) in [5.41, 5.74) is 1.17. The summed E-state index contributed by atoms with van der Waals surface area (Å²) in [7, 11) is 0. The number of benzene rings is 1. The number of esters is 1. The van der Waals surface area contributed by atoms with Crippen LogP contribution in [0.3, 0.4) is 0 Å². The molecule has 2 heterocycles. The van der Waals surface area contributed by atoms with Crippen molar-refractivity contribution < 1.29 is 14.3 Å². The smallest absolute Gasteiger partial charge is 0.302 e. The number of hydrogen-bond donors (Lipinski definition) is 0. The van der Waals surface area contributed by atoms with Crippen molar-refractivity contribution in [3.63, 3.8) is 0 Å². The number of aromatic nitrogens is 4. The van der Waals surface area contributed by atoms with Gasteiger partial charge in [-0.1, -0.05) is 30.3 Å². The van der Waals surface area contributed by atoms with Crippen molar-refractivity contribution in [3.05, 3.63) is 52.6 Å². The Morgan fingerprint density at radius 1 is 1.20 bits per heavy atom. The number of rotatable bonds is 6. The van der Waals surface area contributed by atoms with Crippen molar-refractivity contribution >= 4 is 11.7 Å². The third-order valence-electron chi connectivity index (χ3n) is 3.58. The first-order valence-corrected chi connectivity index (χ1v) is 7.80. The first kappa shape index (κ1) is 16.8. The van der Waals surface area contributed by atoms with E-state index in [1.807, 2.05) is 30.3 Å². The van der Waals surface area contributed by atoms with Gasteiger partial charge in [0.15, 0.2) is 0 Å². The number of carbonyl (C=O) groups is 1. The second-order valence-electron chi connectivity index (χ2n) is 5.41. The van der Waals surface area contributed by atoms with E-state index in [9.17, 15) is 9.59 Å². The minimum absolute atomic E-state index is 0.154. The number of fused-ring (bicyclic) bond motifs is 1. The SMILES string of the molecule is CC(=O)OCCOCn1c(C)nn2c(=O)cc(-c3ccccc3)nc12. The molecule has 0 fully saturated rings. The monoisotopic (exact) mass is 342 g/mol. The fourth-order valence-corrected chi connectivity index (χ4v) is 2.38. The van der Waals surface area contributed by atoms with E-state index < -0.39 is 0 Å². The molecule has 1 aromatic carbocycles. The van der Waals surface area contributed by atoms with Crippen molar-refractivity contribution in [1.82, 2.24) is 19.2 Å². The summed E-state index contributed by atoms with van der Waals surface area (Å²) in [6.07, 6.45) is 0. The third-order valence-corrected chi connectivity index (χ3v) is 3.58. The van der Waals surface area contributed by atoms with Crippen LogP contribution >= 0.6 is 0 Å². The van der Waals surface area contributed by atoms with E-state index in [2.05, 4.69) is 10.1 Å². The lowest BCUT2D eigenvalue weighted by Crippen LogP contribution is -2.16. The molecule has 2 aromatic heterocycles. The van der Waals surface area contributed by atoms with E-state index in [-0.39, 0.29) is 31.5 Å². The van der Waals surface area contributed by atoms with Gasteiger partial charge in [-0.2, -0.15) is 4.52 Å². The van der Waals surface area contributed by atoms with Crippen LogP contribution in [0.2, 0.25) is 0 Å². The summed E-state index contributed by atoms with van der Waals surface area (Å²) in [5, 5.41) is 4.21. The van der Waals surface area contributed by atoms with Crippen LogP contribution in [0.25, 0.3) is 17.0 Å². The van der Waals surface area contributed by atoms with Gasteiger partial charge < -0.3 is 9.47 Å². The molecule has 8 heteroatoms. The van der Waals surface area contributed by atoms with E-state index in [0.29, 0.717) is 17.3 Å². The number of hydrogen-bond acceptors (Lipinski definition) is 6. The Hall–Kier alpha value is -3.00. The lowest BCUT2D eigenvalue weighted by atomic mass is 10.1. The largest absolute Gasteiger partial charge is 0.463 e. The van der Waals surface area contributed by atoms with Gasteiger partial charge in [-0.05, 0) is 6.92 Å². The Bertz CT molecular complexity index is 946. The van der Waals surface area contributed by atoms with Gasteiger partial charge in [0.1, 0.15) is 19.2 Å².